The first-order chi connectivity index (χ1) is 8.49. The maximum absolute atomic E-state index is 12.9. The Kier molecular flexibility index (Phi) is 3.28. The van der Waals surface area contributed by atoms with Gasteiger partial charge in [0.25, 0.3) is 0 Å². The van der Waals surface area contributed by atoms with E-state index in [2.05, 4.69) is 30.2 Å². The maximum atomic E-state index is 12.9. The maximum Gasteiger partial charge on any atom is 0.125 e. The topological polar surface area (TPSA) is 53.8 Å². The van der Waals surface area contributed by atoms with E-state index in [1.54, 1.807) is 6.07 Å². The Morgan fingerprint density at radius 2 is 2.11 bits per heavy atom. The first kappa shape index (κ1) is 12.5. The summed E-state index contributed by atoms with van der Waals surface area (Å²) in [4.78, 5) is 3.05. The Labute approximate surface area is 106 Å². The van der Waals surface area contributed by atoms with Crippen LogP contribution in [0.2, 0.25) is 0 Å². The van der Waals surface area contributed by atoms with E-state index in [4.69, 9.17) is 5.73 Å². The van der Waals surface area contributed by atoms with E-state index < -0.39 is 0 Å². The summed E-state index contributed by atoms with van der Waals surface area (Å²) in [6, 6.07) is 6.45. The molecule has 4 heteroatoms. The SMILES string of the molecule is CC(C)(CNc1ccc(F)cc1N)c1cc[nH]c1. The first-order valence-corrected chi connectivity index (χ1v) is 5.91. The Hall–Kier alpha value is -1.97. The zero-order chi connectivity index (χ0) is 13.2. The summed E-state index contributed by atoms with van der Waals surface area (Å²) >= 11 is 0. The zero-order valence-corrected chi connectivity index (χ0v) is 10.6. The minimum absolute atomic E-state index is 0.0270. The van der Waals surface area contributed by atoms with E-state index in [1.807, 2.05) is 12.4 Å². The molecular formula is C14H18FN3. The minimum atomic E-state index is -0.317. The van der Waals surface area contributed by atoms with Crippen LogP contribution in [-0.4, -0.2) is 11.5 Å². The van der Waals surface area contributed by atoms with Crippen LogP contribution < -0.4 is 11.1 Å². The zero-order valence-electron chi connectivity index (χ0n) is 10.6. The molecule has 96 valence electrons. The number of nitrogen functional groups attached to an aromatic ring is 1. The number of halogens is 1. The van der Waals surface area contributed by atoms with Gasteiger partial charge in [-0.2, -0.15) is 0 Å². The van der Waals surface area contributed by atoms with Gasteiger partial charge >= 0.3 is 0 Å². The fraction of sp³-hybridized carbons (Fsp3) is 0.286. The molecule has 0 aliphatic carbocycles. The Balaban J connectivity index is 2.07. The summed E-state index contributed by atoms with van der Waals surface area (Å²) in [5.41, 5.74) is 8.15. The largest absolute Gasteiger partial charge is 0.397 e. The minimum Gasteiger partial charge on any atom is -0.397 e. The van der Waals surface area contributed by atoms with Crippen LogP contribution in [0.15, 0.2) is 36.7 Å². The van der Waals surface area contributed by atoms with Gasteiger partial charge in [-0.05, 0) is 29.8 Å². The van der Waals surface area contributed by atoms with Gasteiger partial charge in [-0.15, -0.1) is 0 Å². The van der Waals surface area contributed by atoms with Crippen molar-refractivity contribution in [3.63, 3.8) is 0 Å². The molecule has 0 aliphatic rings. The Morgan fingerprint density at radius 1 is 1.33 bits per heavy atom. The van der Waals surface area contributed by atoms with Crippen LogP contribution in [0.4, 0.5) is 15.8 Å². The third kappa shape index (κ3) is 2.64. The third-order valence-electron chi connectivity index (χ3n) is 3.11. The highest BCUT2D eigenvalue weighted by molar-refractivity contribution is 5.66. The summed E-state index contributed by atoms with van der Waals surface area (Å²) < 4.78 is 12.9. The number of benzene rings is 1. The average Bonchev–Trinajstić information content (AvgIpc) is 2.82. The van der Waals surface area contributed by atoms with Crippen LogP contribution in [0.3, 0.4) is 0 Å². The average molecular weight is 247 g/mol. The van der Waals surface area contributed by atoms with Gasteiger partial charge < -0.3 is 16.0 Å². The number of rotatable bonds is 4. The van der Waals surface area contributed by atoms with E-state index in [-0.39, 0.29) is 11.2 Å². The molecule has 0 spiro atoms. The number of nitrogens with one attached hydrogen (secondary N) is 2. The van der Waals surface area contributed by atoms with Crippen molar-refractivity contribution >= 4 is 11.4 Å². The second kappa shape index (κ2) is 4.72. The highest BCUT2D eigenvalue weighted by Crippen LogP contribution is 2.25. The van der Waals surface area contributed by atoms with Crippen LogP contribution in [0.5, 0.6) is 0 Å². The summed E-state index contributed by atoms with van der Waals surface area (Å²) in [6.45, 7) is 5.01. The van der Waals surface area contributed by atoms with Gasteiger partial charge in [-0.3, -0.25) is 0 Å². The second-order valence-corrected chi connectivity index (χ2v) is 5.07. The number of aromatic nitrogens is 1. The van der Waals surface area contributed by atoms with E-state index in [1.165, 1.54) is 17.7 Å². The molecule has 0 saturated carbocycles. The molecule has 0 radical (unpaired) electrons. The molecule has 0 fully saturated rings. The highest BCUT2D eigenvalue weighted by atomic mass is 19.1. The van der Waals surface area contributed by atoms with Gasteiger partial charge in [-0.25, -0.2) is 4.39 Å². The number of nitrogens with two attached hydrogens (primary N) is 1. The van der Waals surface area contributed by atoms with Crippen molar-refractivity contribution in [2.45, 2.75) is 19.3 Å². The quantitative estimate of drug-likeness (QED) is 0.727. The molecule has 0 amide bonds. The number of anilines is 2. The molecule has 4 N–H and O–H groups in total. The molecule has 0 bridgehead atoms. The number of hydrogen-bond acceptors (Lipinski definition) is 2. The monoisotopic (exact) mass is 247 g/mol. The molecule has 2 rings (SSSR count). The molecule has 0 saturated heterocycles. The van der Waals surface area contributed by atoms with Crippen LogP contribution >= 0.6 is 0 Å². The van der Waals surface area contributed by atoms with Crippen molar-refractivity contribution in [3.05, 3.63) is 48.0 Å². The van der Waals surface area contributed by atoms with Gasteiger partial charge in [0.05, 0.1) is 11.4 Å². The van der Waals surface area contributed by atoms with E-state index in [0.29, 0.717) is 5.69 Å². The van der Waals surface area contributed by atoms with Gasteiger partial charge in [0.1, 0.15) is 5.82 Å². The lowest BCUT2D eigenvalue weighted by atomic mass is 9.86. The fourth-order valence-electron chi connectivity index (χ4n) is 1.86. The normalized spacial score (nSPS) is 11.5. The lowest BCUT2D eigenvalue weighted by molar-refractivity contribution is 0.558. The van der Waals surface area contributed by atoms with Gasteiger partial charge in [-0.1, -0.05) is 13.8 Å². The van der Waals surface area contributed by atoms with Crippen LogP contribution in [0.1, 0.15) is 19.4 Å². The van der Waals surface area contributed by atoms with Crippen molar-refractivity contribution < 1.29 is 4.39 Å². The molecule has 1 heterocycles. The molecule has 0 unspecified atom stereocenters. The van der Waals surface area contributed by atoms with Crippen molar-refractivity contribution in [3.8, 4) is 0 Å². The van der Waals surface area contributed by atoms with Gasteiger partial charge in [0.2, 0.25) is 0 Å². The molecule has 2 aromatic rings. The molecular weight excluding hydrogens is 229 g/mol. The number of H-pyrrole nitrogens is 1. The summed E-state index contributed by atoms with van der Waals surface area (Å²) in [5.74, 6) is -0.317. The van der Waals surface area contributed by atoms with E-state index >= 15 is 0 Å². The van der Waals surface area contributed by atoms with E-state index in [0.717, 1.165) is 12.2 Å². The van der Waals surface area contributed by atoms with Crippen molar-refractivity contribution in [2.75, 3.05) is 17.6 Å². The molecule has 1 aromatic heterocycles. The Morgan fingerprint density at radius 3 is 2.72 bits per heavy atom. The third-order valence-corrected chi connectivity index (χ3v) is 3.11. The second-order valence-electron chi connectivity index (χ2n) is 5.07. The fourth-order valence-corrected chi connectivity index (χ4v) is 1.86. The van der Waals surface area contributed by atoms with E-state index in [9.17, 15) is 4.39 Å². The molecule has 0 aliphatic heterocycles. The van der Waals surface area contributed by atoms with Gasteiger partial charge in [0, 0.05) is 24.4 Å². The van der Waals surface area contributed by atoms with Gasteiger partial charge in [0.15, 0.2) is 0 Å². The summed E-state index contributed by atoms with van der Waals surface area (Å²) in [5, 5.41) is 3.26. The van der Waals surface area contributed by atoms with Crippen molar-refractivity contribution in [2.24, 2.45) is 0 Å². The smallest absolute Gasteiger partial charge is 0.125 e. The molecule has 3 nitrogen and oxygen atoms in total. The lowest BCUT2D eigenvalue weighted by Crippen LogP contribution is -2.27. The highest BCUT2D eigenvalue weighted by Gasteiger charge is 2.20. The van der Waals surface area contributed by atoms with Crippen LogP contribution in [0, 0.1) is 5.82 Å². The van der Waals surface area contributed by atoms with Crippen LogP contribution in [0.25, 0.3) is 0 Å². The predicted molar refractivity (Wildman–Crippen MR) is 73.1 cm³/mol. The standard InChI is InChI=1S/C14H18FN3/c1-14(2,10-5-6-17-8-10)9-18-13-4-3-11(15)7-12(13)16/h3-8,17-18H,9,16H2,1-2H3. The number of aromatic amines is 1. The van der Waals surface area contributed by atoms with Crippen molar-refractivity contribution in [1.82, 2.24) is 4.98 Å². The van der Waals surface area contributed by atoms with Crippen LogP contribution in [-0.2, 0) is 5.41 Å². The predicted octanol–water partition coefficient (Wildman–Crippen LogP) is 3.13. The lowest BCUT2D eigenvalue weighted by Gasteiger charge is -2.25. The summed E-state index contributed by atoms with van der Waals surface area (Å²) in [7, 11) is 0. The Bertz CT molecular complexity index is 518. The molecule has 18 heavy (non-hydrogen) atoms. The first-order valence-electron chi connectivity index (χ1n) is 5.91. The molecule has 0 atom stereocenters. The summed E-state index contributed by atoms with van der Waals surface area (Å²) in [6.07, 6.45) is 3.89. The number of hydrogen-bond donors (Lipinski definition) is 3. The van der Waals surface area contributed by atoms with Crippen molar-refractivity contribution in [1.29, 1.82) is 0 Å². The molecule has 1 aromatic carbocycles.